The fourth-order valence-corrected chi connectivity index (χ4v) is 1.22. The van der Waals surface area contributed by atoms with Gasteiger partial charge in [-0.2, -0.15) is 0 Å². The lowest BCUT2D eigenvalue weighted by Gasteiger charge is -2.13. The fraction of sp³-hybridized carbons (Fsp3) is 0.250. The number of nitrogens with two attached hydrogens (primary N) is 1. The van der Waals surface area contributed by atoms with E-state index in [1.807, 2.05) is 0 Å². The maximum Gasteiger partial charge on any atom is 0.573 e. The van der Waals surface area contributed by atoms with Crippen LogP contribution in [0.2, 0.25) is 5.02 Å². The minimum absolute atomic E-state index is 0.00694. The van der Waals surface area contributed by atoms with Gasteiger partial charge in [0, 0.05) is 16.7 Å². The number of rotatable bonds is 2. The van der Waals surface area contributed by atoms with Crippen LogP contribution in [-0.2, 0) is 6.61 Å². The summed E-state index contributed by atoms with van der Waals surface area (Å²) in [6.07, 6.45) is -4.84. The molecule has 1 aromatic carbocycles. The van der Waals surface area contributed by atoms with E-state index in [9.17, 15) is 13.2 Å². The summed E-state index contributed by atoms with van der Waals surface area (Å²) < 4.78 is 39.4. The van der Waals surface area contributed by atoms with Gasteiger partial charge in [0.1, 0.15) is 0 Å². The highest BCUT2D eigenvalue weighted by Crippen LogP contribution is 2.33. The fourth-order valence-electron chi connectivity index (χ4n) is 0.987. The zero-order chi connectivity index (χ0) is 11.6. The largest absolute Gasteiger partial charge is 0.573 e. The smallest absolute Gasteiger partial charge is 0.404 e. The van der Waals surface area contributed by atoms with Crippen LogP contribution in [-0.4, -0.2) is 11.5 Å². The zero-order valence-electron chi connectivity index (χ0n) is 7.31. The van der Waals surface area contributed by atoms with E-state index in [-0.39, 0.29) is 16.3 Å². The molecule has 7 heteroatoms. The van der Waals surface area contributed by atoms with Crippen molar-refractivity contribution >= 4 is 17.3 Å². The predicted molar refractivity (Wildman–Crippen MR) is 48.5 cm³/mol. The van der Waals surface area contributed by atoms with Crippen molar-refractivity contribution in [2.24, 2.45) is 0 Å². The topological polar surface area (TPSA) is 55.5 Å². The molecule has 1 aromatic rings. The second-order valence-electron chi connectivity index (χ2n) is 2.68. The van der Waals surface area contributed by atoms with Gasteiger partial charge >= 0.3 is 6.36 Å². The molecular weight excluding hydrogens is 235 g/mol. The Morgan fingerprint density at radius 2 is 2.00 bits per heavy atom. The molecular formula is C8H7ClF3NO2. The summed E-state index contributed by atoms with van der Waals surface area (Å²) in [5, 5.41) is 8.80. The van der Waals surface area contributed by atoms with E-state index in [1.54, 1.807) is 0 Å². The summed E-state index contributed by atoms with van der Waals surface area (Å²) >= 11 is 5.52. The minimum Gasteiger partial charge on any atom is -0.404 e. The molecule has 1 rings (SSSR count). The van der Waals surface area contributed by atoms with Crippen LogP contribution in [0.25, 0.3) is 0 Å². The van der Waals surface area contributed by atoms with E-state index in [0.29, 0.717) is 0 Å². The summed E-state index contributed by atoms with van der Waals surface area (Å²) in [5.41, 5.74) is 5.13. The van der Waals surface area contributed by atoms with Crippen LogP contribution in [0.5, 0.6) is 5.75 Å². The SMILES string of the molecule is Nc1c(CO)cc(Cl)cc1OC(F)(F)F. The normalized spacial score (nSPS) is 11.5. The molecule has 0 saturated heterocycles. The van der Waals surface area contributed by atoms with Crippen LogP contribution < -0.4 is 10.5 Å². The van der Waals surface area contributed by atoms with Gasteiger partial charge in [0.2, 0.25) is 0 Å². The van der Waals surface area contributed by atoms with Gasteiger partial charge in [-0.05, 0) is 6.07 Å². The van der Waals surface area contributed by atoms with E-state index in [0.717, 1.165) is 6.07 Å². The van der Waals surface area contributed by atoms with Crippen molar-refractivity contribution in [1.29, 1.82) is 0 Å². The number of aliphatic hydroxyl groups excluding tert-OH is 1. The van der Waals surface area contributed by atoms with Crippen molar-refractivity contribution in [2.75, 3.05) is 5.73 Å². The monoisotopic (exact) mass is 241 g/mol. The molecule has 0 bridgehead atoms. The van der Waals surface area contributed by atoms with Gasteiger partial charge in [-0.15, -0.1) is 13.2 Å². The number of anilines is 1. The molecule has 0 atom stereocenters. The molecule has 0 amide bonds. The first-order chi connectivity index (χ1) is 6.83. The van der Waals surface area contributed by atoms with Crippen LogP contribution in [0.15, 0.2) is 12.1 Å². The lowest BCUT2D eigenvalue weighted by molar-refractivity contribution is -0.274. The van der Waals surface area contributed by atoms with Crippen LogP contribution in [0.1, 0.15) is 5.56 Å². The highest BCUT2D eigenvalue weighted by Gasteiger charge is 2.32. The van der Waals surface area contributed by atoms with Gasteiger partial charge in [0.15, 0.2) is 5.75 Å². The maximum atomic E-state index is 11.9. The first-order valence-electron chi connectivity index (χ1n) is 3.78. The Kier molecular flexibility index (Phi) is 3.31. The van der Waals surface area contributed by atoms with Crippen molar-refractivity contribution in [3.8, 4) is 5.75 Å². The average Bonchev–Trinajstić information content (AvgIpc) is 2.08. The molecule has 3 nitrogen and oxygen atoms in total. The molecule has 15 heavy (non-hydrogen) atoms. The van der Waals surface area contributed by atoms with E-state index in [2.05, 4.69) is 4.74 Å². The summed E-state index contributed by atoms with van der Waals surface area (Å²) in [4.78, 5) is 0. The molecule has 0 unspecified atom stereocenters. The van der Waals surface area contributed by atoms with Crippen LogP contribution in [0.4, 0.5) is 18.9 Å². The summed E-state index contributed by atoms with van der Waals surface area (Å²) in [5.74, 6) is -0.612. The van der Waals surface area contributed by atoms with Crippen LogP contribution in [0, 0.1) is 0 Å². The van der Waals surface area contributed by atoms with Gasteiger partial charge in [0.25, 0.3) is 0 Å². The average molecular weight is 242 g/mol. The minimum atomic E-state index is -4.84. The molecule has 0 aliphatic heterocycles. The summed E-state index contributed by atoms with van der Waals surface area (Å²) in [6.45, 7) is -0.513. The number of aliphatic hydroxyl groups is 1. The van der Waals surface area contributed by atoms with Gasteiger partial charge in [-0.25, -0.2) is 0 Å². The Bertz CT molecular complexity index is 368. The molecule has 0 heterocycles. The van der Waals surface area contributed by atoms with Crippen LogP contribution in [0.3, 0.4) is 0 Å². The zero-order valence-corrected chi connectivity index (χ0v) is 8.06. The van der Waals surface area contributed by atoms with Crippen molar-refractivity contribution in [1.82, 2.24) is 0 Å². The third kappa shape index (κ3) is 3.17. The third-order valence-corrected chi connectivity index (χ3v) is 1.81. The highest BCUT2D eigenvalue weighted by atomic mass is 35.5. The number of nitrogen functional groups attached to an aromatic ring is 1. The molecule has 84 valence electrons. The molecule has 0 saturated carbocycles. The molecule has 0 fully saturated rings. The third-order valence-electron chi connectivity index (χ3n) is 1.59. The second kappa shape index (κ2) is 4.16. The van der Waals surface area contributed by atoms with E-state index in [4.69, 9.17) is 22.4 Å². The van der Waals surface area contributed by atoms with Gasteiger partial charge in [-0.3, -0.25) is 0 Å². The van der Waals surface area contributed by atoms with Crippen molar-refractivity contribution in [3.05, 3.63) is 22.7 Å². The number of hydrogen-bond donors (Lipinski definition) is 2. The Morgan fingerprint density at radius 3 is 2.47 bits per heavy atom. The van der Waals surface area contributed by atoms with E-state index >= 15 is 0 Å². The number of halogens is 4. The van der Waals surface area contributed by atoms with Gasteiger partial charge in [-0.1, -0.05) is 11.6 Å². The Hall–Kier alpha value is -1.14. The lowest BCUT2D eigenvalue weighted by Crippen LogP contribution is -2.18. The summed E-state index contributed by atoms with van der Waals surface area (Å²) in [6, 6.07) is 2.20. The number of ether oxygens (including phenoxy) is 1. The van der Waals surface area contributed by atoms with Crippen molar-refractivity contribution < 1.29 is 23.0 Å². The number of benzene rings is 1. The first-order valence-corrected chi connectivity index (χ1v) is 4.16. The molecule has 0 radical (unpaired) electrons. The quantitative estimate of drug-likeness (QED) is 0.782. The van der Waals surface area contributed by atoms with Crippen molar-refractivity contribution in [3.63, 3.8) is 0 Å². The van der Waals surface area contributed by atoms with Crippen molar-refractivity contribution in [2.45, 2.75) is 13.0 Å². The van der Waals surface area contributed by atoms with E-state index < -0.39 is 18.7 Å². The standard InChI is InChI=1S/C8H7ClF3NO2/c9-5-1-4(3-14)7(13)6(2-5)15-8(10,11)12/h1-2,14H,3,13H2. The number of alkyl halides is 3. The molecule has 0 aliphatic carbocycles. The first kappa shape index (κ1) is 11.9. The van der Waals surface area contributed by atoms with Crippen LogP contribution >= 0.6 is 11.6 Å². The lowest BCUT2D eigenvalue weighted by atomic mass is 10.2. The maximum absolute atomic E-state index is 11.9. The molecule has 0 aromatic heterocycles. The molecule has 0 aliphatic rings. The Morgan fingerprint density at radius 1 is 1.40 bits per heavy atom. The Labute approximate surface area is 88.2 Å². The summed E-state index contributed by atoms with van der Waals surface area (Å²) in [7, 11) is 0. The molecule has 0 spiro atoms. The van der Waals surface area contributed by atoms with Gasteiger partial charge in [0.05, 0.1) is 12.3 Å². The van der Waals surface area contributed by atoms with E-state index in [1.165, 1.54) is 6.07 Å². The number of hydrogen-bond acceptors (Lipinski definition) is 3. The van der Waals surface area contributed by atoms with Gasteiger partial charge < -0.3 is 15.6 Å². The molecule has 3 N–H and O–H groups in total. The highest BCUT2D eigenvalue weighted by molar-refractivity contribution is 6.30. The Balaban J connectivity index is 3.12. The second-order valence-corrected chi connectivity index (χ2v) is 3.12. The predicted octanol–water partition coefficient (Wildman–Crippen LogP) is 2.31.